The molecule has 0 aromatic carbocycles. The van der Waals surface area contributed by atoms with E-state index in [1.807, 2.05) is 6.92 Å². The minimum atomic E-state index is -2.96. The smallest absolute Gasteiger partial charge is 0.227 e. The molecular weight excluding hydrogens is 286 g/mol. The molecule has 1 saturated carbocycles. The molecule has 5 heteroatoms. The monoisotopic (exact) mass is 313 g/mol. The van der Waals surface area contributed by atoms with Crippen LogP contribution in [0.1, 0.15) is 41.0 Å². The predicted octanol–water partition coefficient (Wildman–Crippen LogP) is 2.26. The maximum Gasteiger partial charge on any atom is 0.227 e. The first-order chi connectivity index (χ1) is 9.60. The third-order valence-corrected chi connectivity index (χ3v) is 6.71. The fourth-order valence-corrected chi connectivity index (χ4v) is 5.34. The van der Waals surface area contributed by atoms with Crippen molar-refractivity contribution < 1.29 is 13.2 Å². The van der Waals surface area contributed by atoms with E-state index >= 15 is 0 Å². The summed E-state index contributed by atoms with van der Waals surface area (Å²) >= 11 is 0. The Bertz CT molecular complexity index is 558. The van der Waals surface area contributed by atoms with Gasteiger partial charge in [0.1, 0.15) is 0 Å². The molecule has 2 fully saturated rings. The van der Waals surface area contributed by atoms with Gasteiger partial charge in [-0.3, -0.25) is 4.79 Å². The van der Waals surface area contributed by atoms with E-state index in [4.69, 9.17) is 0 Å². The number of hydrogen-bond acceptors (Lipinski definition) is 3. The molecule has 2 rings (SSSR count). The maximum atomic E-state index is 12.8. The van der Waals surface area contributed by atoms with Crippen molar-refractivity contribution >= 4 is 15.7 Å². The van der Waals surface area contributed by atoms with Crippen LogP contribution in [0.5, 0.6) is 0 Å². The average Bonchev–Trinajstić information content (AvgIpc) is 2.68. The maximum absolute atomic E-state index is 12.8. The first-order valence-corrected chi connectivity index (χ1v) is 9.58. The van der Waals surface area contributed by atoms with E-state index in [0.29, 0.717) is 13.0 Å². The molecule has 1 saturated heterocycles. The normalized spacial score (nSPS) is 32.5. The highest BCUT2D eigenvalue weighted by Crippen LogP contribution is 2.60. The topological polar surface area (TPSA) is 54.5 Å². The SMILES string of the molecule is CCN(C(=O)[C@@H]1[C@@H](C=C(C)C)C1(C)C)[C@H]1CCS(=O)(=O)C1. The molecule has 0 aromatic heterocycles. The van der Waals surface area contributed by atoms with Crippen molar-refractivity contribution in [1.29, 1.82) is 0 Å². The van der Waals surface area contributed by atoms with E-state index in [2.05, 4.69) is 33.8 Å². The molecule has 3 atom stereocenters. The second-order valence-corrected chi connectivity index (χ2v) is 9.48. The van der Waals surface area contributed by atoms with Crippen molar-refractivity contribution in [3.05, 3.63) is 11.6 Å². The molecule has 4 nitrogen and oxygen atoms in total. The summed E-state index contributed by atoms with van der Waals surface area (Å²) in [4.78, 5) is 14.6. The van der Waals surface area contributed by atoms with Gasteiger partial charge in [-0.25, -0.2) is 8.42 Å². The minimum absolute atomic E-state index is 0.00402. The molecule has 21 heavy (non-hydrogen) atoms. The first kappa shape index (κ1) is 16.5. The molecule has 0 unspecified atom stereocenters. The predicted molar refractivity (Wildman–Crippen MR) is 84.6 cm³/mol. The van der Waals surface area contributed by atoms with Gasteiger partial charge in [0.25, 0.3) is 0 Å². The Morgan fingerprint density at radius 3 is 2.38 bits per heavy atom. The number of carbonyl (C=O) groups is 1. The molecular formula is C16H27NO3S. The van der Waals surface area contributed by atoms with Crippen molar-refractivity contribution in [2.45, 2.75) is 47.1 Å². The van der Waals surface area contributed by atoms with Crippen LogP contribution in [0.4, 0.5) is 0 Å². The lowest BCUT2D eigenvalue weighted by Crippen LogP contribution is -2.42. The summed E-state index contributed by atoms with van der Waals surface area (Å²) in [5, 5.41) is 0. The molecule has 1 aliphatic carbocycles. The fourth-order valence-electron chi connectivity index (χ4n) is 3.61. The zero-order valence-electron chi connectivity index (χ0n) is 13.7. The molecule has 0 spiro atoms. The van der Waals surface area contributed by atoms with Crippen LogP contribution >= 0.6 is 0 Å². The van der Waals surface area contributed by atoms with Gasteiger partial charge in [0, 0.05) is 12.6 Å². The summed E-state index contributed by atoms with van der Waals surface area (Å²) < 4.78 is 23.3. The number of allylic oxidation sites excluding steroid dienone is 2. The van der Waals surface area contributed by atoms with Crippen LogP contribution in [0.25, 0.3) is 0 Å². The molecule has 0 bridgehead atoms. The van der Waals surface area contributed by atoms with Crippen molar-refractivity contribution in [2.75, 3.05) is 18.1 Å². The van der Waals surface area contributed by atoms with Gasteiger partial charge in [-0.2, -0.15) is 0 Å². The highest BCUT2D eigenvalue weighted by molar-refractivity contribution is 7.91. The molecule has 0 aromatic rings. The molecule has 2 aliphatic rings. The van der Waals surface area contributed by atoms with E-state index in [1.165, 1.54) is 5.57 Å². The summed E-state index contributed by atoms with van der Waals surface area (Å²) in [6.07, 6.45) is 2.77. The van der Waals surface area contributed by atoms with Crippen LogP contribution in [0.2, 0.25) is 0 Å². The van der Waals surface area contributed by atoms with Gasteiger partial charge in [-0.15, -0.1) is 0 Å². The zero-order chi connectivity index (χ0) is 16.0. The Balaban J connectivity index is 2.14. The van der Waals surface area contributed by atoms with Gasteiger partial charge in [0.05, 0.1) is 17.4 Å². The molecule has 0 radical (unpaired) electrons. The standard InChI is InChI=1S/C16H27NO3S/c1-6-17(12-7-8-21(19,20)10-12)15(18)14-13(9-11(2)3)16(14,4)5/h9,12-14H,6-8,10H2,1-5H3/t12-,13+,14-/m0/s1. The van der Waals surface area contributed by atoms with E-state index in [1.54, 1.807) is 4.90 Å². The lowest BCUT2D eigenvalue weighted by molar-refractivity contribution is -0.135. The Kier molecular flexibility index (Phi) is 4.26. The highest BCUT2D eigenvalue weighted by Gasteiger charge is 2.61. The van der Waals surface area contributed by atoms with Gasteiger partial charge in [-0.1, -0.05) is 25.5 Å². The molecule has 0 N–H and O–H groups in total. The quantitative estimate of drug-likeness (QED) is 0.748. The average molecular weight is 313 g/mol. The van der Waals surface area contributed by atoms with Crippen molar-refractivity contribution in [3.8, 4) is 0 Å². The number of amides is 1. The van der Waals surface area contributed by atoms with Crippen LogP contribution in [-0.4, -0.2) is 43.3 Å². The van der Waals surface area contributed by atoms with Crippen LogP contribution in [0.15, 0.2) is 11.6 Å². The van der Waals surface area contributed by atoms with Crippen LogP contribution < -0.4 is 0 Å². The molecule has 1 heterocycles. The van der Waals surface area contributed by atoms with E-state index < -0.39 is 9.84 Å². The lowest BCUT2D eigenvalue weighted by atomic mass is 10.1. The Morgan fingerprint density at radius 1 is 1.33 bits per heavy atom. The molecule has 120 valence electrons. The van der Waals surface area contributed by atoms with Gasteiger partial charge in [-0.05, 0) is 38.5 Å². The number of rotatable bonds is 4. The van der Waals surface area contributed by atoms with Crippen molar-refractivity contribution in [1.82, 2.24) is 4.90 Å². The van der Waals surface area contributed by atoms with Gasteiger partial charge < -0.3 is 4.90 Å². The summed E-state index contributed by atoms with van der Waals surface area (Å²) in [7, 11) is -2.96. The summed E-state index contributed by atoms with van der Waals surface area (Å²) in [6.45, 7) is 10.9. The van der Waals surface area contributed by atoms with Crippen molar-refractivity contribution in [2.24, 2.45) is 17.3 Å². The fraction of sp³-hybridized carbons (Fsp3) is 0.812. The van der Waals surface area contributed by atoms with Crippen LogP contribution in [0.3, 0.4) is 0 Å². The second kappa shape index (κ2) is 5.41. The lowest BCUT2D eigenvalue weighted by Gasteiger charge is -2.27. The highest BCUT2D eigenvalue weighted by atomic mass is 32.2. The number of carbonyl (C=O) groups excluding carboxylic acids is 1. The van der Waals surface area contributed by atoms with E-state index in [0.717, 1.165) is 0 Å². The van der Waals surface area contributed by atoms with Gasteiger partial charge in [0.15, 0.2) is 9.84 Å². The van der Waals surface area contributed by atoms with Crippen molar-refractivity contribution in [3.63, 3.8) is 0 Å². The largest absolute Gasteiger partial charge is 0.339 e. The molecule has 1 aliphatic heterocycles. The summed E-state index contributed by atoms with van der Waals surface area (Å²) in [6, 6.07) is -0.128. The van der Waals surface area contributed by atoms with Crippen LogP contribution in [-0.2, 0) is 14.6 Å². The minimum Gasteiger partial charge on any atom is -0.339 e. The zero-order valence-corrected chi connectivity index (χ0v) is 14.5. The Morgan fingerprint density at radius 2 is 1.95 bits per heavy atom. The Hall–Kier alpha value is -0.840. The number of nitrogens with zero attached hydrogens (tertiary/aromatic N) is 1. The van der Waals surface area contributed by atoms with E-state index in [-0.39, 0.29) is 40.7 Å². The summed E-state index contributed by atoms with van der Waals surface area (Å²) in [5.41, 5.74) is 1.22. The number of hydrogen-bond donors (Lipinski definition) is 0. The second-order valence-electron chi connectivity index (χ2n) is 7.25. The first-order valence-electron chi connectivity index (χ1n) is 7.76. The van der Waals surface area contributed by atoms with Gasteiger partial charge >= 0.3 is 0 Å². The summed E-state index contributed by atoms with van der Waals surface area (Å²) in [5.74, 6) is 0.754. The number of sulfone groups is 1. The third kappa shape index (κ3) is 3.17. The molecule has 1 amide bonds. The van der Waals surface area contributed by atoms with Gasteiger partial charge in [0.2, 0.25) is 5.91 Å². The van der Waals surface area contributed by atoms with Crippen LogP contribution in [0, 0.1) is 17.3 Å². The third-order valence-electron chi connectivity index (χ3n) is 4.96. The van der Waals surface area contributed by atoms with E-state index in [9.17, 15) is 13.2 Å². The Labute approximate surface area is 128 Å².